The molecule has 0 fully saturated rings. The molecule has 0 amide bonds. The highest BCUT2D eigenvalue weighted by atomic mass is 28.3. The van der Waals surface area contributed by atoms with E-state index >= 15 is 0 Å². The lowest BCUT2D eigenvalue weighted by molar-refractivity contribution is -0.139. The van der Waals surface area contributed by atoms with Gasteiger partial charge in [-0.2, -0.15) is 0 Å². The lowest BCUT2D eigenvalue weighted by Crippen LogP contribution is -2.16. The van der Waals surface area contributed by atoms with Gasteiger partial charge in [0.1, 0.15) is 8.07 Å². The Morgan fingerprint density at radius 2 is 1.94 bits per heavy atom. The Morgan fingerprint density at radius 3 is 2.31 bits per heavy atom. The molecule has 0 aliphatic heterocycles. The van der Waals surface area contributed by atoms with Gasteiger partial charge in [-0.25, -0.2) is 0 Å². The number of esters is 1. The molecular formula is C13H22O2Si. The maximum Gasteiger partial charge on any atom is 0.310 e. The van der Waals surface area contributed by atoms with Crippen LogP contribution in [0.25, 0.3) is 0 Å². The van der Waals surface area contributed by atoms with Crippen molar-refractivity contribution < 1.29 is 9.53 Å². The fourth-order valence-corrected chi connectivity index (χ4v) is 1.58. The molecule has 90 valence electrons. The summed E-state index contributed by atoms with van der Waals surface area (Å²) in [5, 5.41) is 0. The summed E-state index contributed by atoms with van der Waals surface area (Å²) < 4.78 is 4.66. The second-order valence-corrected chi connectivity index (χ2v) is 9.94. The topological polar surface area (TPSA) is 26.3 Å². The Hall–Kier alpha value is -1.01. The van der Waals surface area contributed by atoms with Gasteiger partial charge in [-0.05, 0) is 5.92 Å². The Balaban J connectivity index is 4.82. The average molecular weight is 238 g/mol. The van der Waals surface area contributed by atoms with Crippen molar-refractivity contribution in [2.24, 2.45) is 5.92 Å². The zero-order valence-corrected chi connectivity index (χ0v) is 12.2. The van der Waals surface area contributed by atoms with Crippen molar-refractivity contribution in [1.82, 2.24) is 0 Å². The van der Waals surface area contributed by atoms with Gasteiger partial charge in [0.15, 0.2) is 0 Å². The summed E-state index contributed by atoms with van der Waals surface area (Å²) in [6.45, 7) is 10.7. The van der Waals surface area contributed by atoms with Gasteiger partial charge in [0.05, 0.1) is 13.5 Å². The molecule has 0 atom stereocenters. The van der Waals surface area contributed by atoms with Crippen molar-refractivity contribution in [3.63, 3.8) is 0 Å². The summed E-state index contributed by atoms with van der Waals surface area (Å²) in [5.41, 5.74) is 4.15. The van der Waals surface area contributed by atoms with E-state index in [2.05, 4.69) is 49.7 Å². The van der Waals surface area contributed by atoms with Gasteiger partial charge in [0.2, 0.25) is 0 Å². The van der Waals surface area contributed by atoms with Crippen LogP contribution in [0.3, 0.4) is 0 Å². The van der Waals surface area contributed by atoms with Gasteiger partial charge in [-0.15, -0.1) is 5.54 Å². The predicted octanol–water partition coefficient (Wildman–Crippen LogP) is 3.01. The minimum absolute atomic E-state index is 0.225. The van der Waals surface area contributed by atoms with E-state index in [9.17, 15) is 4.79 Å². The highest BCUT2D eigenvalue weighted by Crippen LogP contribution is 2.08. The summed E-state index contributed by atoms with van der Waals surface area (Å²) in [4.78, 5) is 11.2. The smallest absolute Gasteiger partial charge is 0.310 e. The molecule has 0 unspecified atom stereocenters. The number of ether oxygens (including phenoxy) is 1. The monoisotopic (exact) mass is 238 g/mol. The third kappa shape index (κ3) is 8.31. The first-order valence-electron chi connectivity index (χ1n) is 5.55. The van der Waals surface area contributed by atoms with E-state index < -0.39 is 8.07 Å². The highest BCUT2D eigenvalue weighted by Gasteiger charge is 2.09. The lowest BCUT2D eigenvalue weighted by atomic mass is 10.1. The molecule has 0 rings (SSSR count). The first-order chi connectivity index (χ1) is 7.24. The minimum atomic E-state index is -1.39. The Labute approximate surface area is 100 Å². The minimum Gasteiger partial charge on any atom is -0.469 e. The molecule has 0 heterocycles. The van der Waals surface area contributed by atoms with Gasteiger partial charge < -0.3 is 4.74 Å². The van der Waals surface area contributed by atoms with Crippen LogP contribution in [0.4, 0.5) is 0 Å². The fraction of sp³-hybridized carbons (Fsp3) is 0.615. The van der Waals surface area contributed by atoms with Crippen LogP contribution < -0.4 is 0 Å². The van der Waals surface area contributed by atoms with E-state index in [0.29, 0.717) is 5.92 Å². The van der Waals surface area contributed by atoms with Crippen LogP contribution >= 0.6 is 0 Å². The van der Waals surface area contributed by atoms with Crippen molar-refractivity contribution in [3.8, 4) is 11.5 Å². The van der Waals surface area contributed by atoms with Crippen molar-refractivity contribution in [3.05, 3.63) is 11.6 Å². The third-order valence-corrected chi connectivity index (χ3v) is 2.57. The SMILES string of the molecule is COC(=O)C/C(C#C[Si](C)(C)C)=C\C(C)C. The van der Waals surface area contributed by atoms with Crippen LogP contribution in [0.5, 0.6) is 0 Å². The van der Waals surface area contributed by atoms with Gasteiger partial charge in [-0.3, -0.25) is 4.79 Å². The zero-order chi connectivity index (χ0) is 12.8. The molecule has 0 radical (unpaired) electrons. The molecule has 0 N–H and O–H groups in total. The number of allylic oxidation sites excluding steroid dienone is 1. The molecule has 0 saturated heterocycles. The van der Waals surface area contributed by atoms with Gasteiger partial charge >= 0.3 is 5.97 Å². The zero-order valence-electron chi connectivity index (χ0n) is 11.2. The number of carbonyl (C=O) groups excluding carboxylic acids is 1. The van der Waals surface area contributed by atoms with Gasteiger partial charge in [0.25, 0.3) is 0 Å². The Bertz CT molecular complexity index is 324. The predicted molar refractivity (Wildman–Crippen MR) is 70.7 cm³/mol. The van der Waals surface area contributed by atoms with E-state index in [1.165, 1.54) is 7.11 Å². The number of rotatable bonds is 3. The maximum atomic E-state index is 11.2. The summed E-state index contributed by atoms with van der Waals surface area (Å²) in [6, 6.07) is 0. The summed E-state index contributed by atoms with van der Waals surface area (Å²) in [5.74, 6) is 3.30. The van der Waals surface area contributed by atoms with Crippen molar-refractivity contribution in [2.45, 2.75) is 39.9 Å². The molecule has 0 spiro atoms. The quantitative estimate of drug-likeness (QED) is 0.429. The molecular weight excluding hydrogens is 216 g/mol. The molecule has 0 saturated carbocycles. The fourth-order valence-electron chi connectivity index (χ4n) is 1.04. The van der Waals surface area contributed by atoms with E-state index in [1.807, 2.05) is 6.08 Å². The van der Waals surface area contributed by atoms with Crippen molar-refractivity contribution >= 4 is 14.0 Å². The number of hydrogen-bond donors (Lipinski definition) is 0. The van der Waals surface area contributed by atoms with Crippen molar-refractivity contribution in [1.29, 1.82) is 0 Å². The molecule has 0 aromatic heterocycles. The lowest BCUT2D eigenvalue weighted by Gasteiger charge is -2.05. The van der Waals surface area contributed by atoms with Crippen LogP contribution in [0.1, 0.15) is 20.3 Å². The van der Waals surface area contributed by atoms with Crippen LogP contribution in [0.15, 0.2) is 11.6 Å². The number of methoxy groups -OCH3 is 1. The van der Waals surface area contributed by atoms with Gasteiger partial charge in [-0.1, -0.05) is 45.5 Å². The largest absolute Gasteiger partial charge is 0.469 e. The molecule has 16 heavy (non-hydrogen) atoms. The summed E-state index contributed by atoms with van der Waals surface area (Å²) >= 11 is 0. The molecule has 3 heteroatoms. The molecule has 0 aliphatic carbocycles. The molecule has 2 nitrogen and oxygen atoms in total. The van der Waals surface area contributed by atoms with Crippen LogP contribution in [0, 0.1) is 17.4 Å². The summed E-state index contributed by atoms with van der Waals surface area (Å²) in [7, 11) is 0.0177. The normalized spacial score (nSPS) is 12.1. The van der Waals surface area contributed by atoms with Crippen molar-refractivity contribution in [2.75, 3.05) is 7.11 Å². The maximum absolute atomic E-state index is 11.2. The van der Waals surface area contributed by atoms with E-state index in [1.54, 1.807) is 0 Å². The van der Waals surface area contributed by atoms with E-state index in [-0.39, 0.29) is 12.4 Å². The van der Waals surface area contributed by atoms with Gasteiger partial charge in [0, 0.05) is 5.57 Å². The van der Waals surface area contributed by atoms with Crippen LogP contribution in [-0.2, 0) is 9.53 Å². The number of hydrogen-bond acceptors (Lipinski definition) is 2. The van der Waals surface area contributed by atoms with Crippen LogP contribution in [-0.4, -0.2) is 21.2 Å². The Morgan fingerprint density at radius 1 is 1.38 bits per heavy atom. The molecule has 0 aromatic carbocycles. The second-order valence-electron chi connectivity index (χ2n) is 5.19. The van der Waals surface area contributed by atoms with Crippen LogP contribution in [0.2, 0.25) is 19.6 Å². The second kappa shape index (κ2) is 6.54. The molecule has 0 bridgehead atoms. The first kappa shape index (κ1) is 15.0. The number of carbonyl (C=O) groups is 1. The first-order valence-corrected chi connectivity index (χ1v) is 9.05. The molecule has 0 aromatic rings. The summed E-state index contributed by atoms with van der Waals surface area (Å²) in [6.07, 6.45) is 2.32. The standard InChI is InChI=1S/C13H22O2Si/c1-11(2)9-12(10-13(14)15-3)7-8-16(4,5)6/h9,11H,10H2,1-6H3/b12-9-. The van der Waals surface area contributed by atoms with E-state index in [4.69, 9.17) is 0 Å². The van der Waals surface area contributed by atoms with E-state index in [0.717, 1.165) is 5.57 Å². The molecule has 0 aliphatic rings. The third-order valence-electron chi connectivity index (χ3n) is 1.70. The highest BCUT2D eigenvalue weighted by molar-refractivity contribution is 6.83. The average Bonchev–Trinajstić information content (AvgIpc) is 2.12. The Kier molecular flexibility index (Phi) is 6.13.